The number of hydrogen-bond donors (Lipinski definition) is 1. The van der Waals surface area contributed by atoms with Crippen LogP contribution in [0.1, 0.15) is 28.9 Å². The van der Waals surface area contributed by atoms with E-state index in [1.165, 1.54) is 6.07 Å². The number of amides is 1. The van der Waals surface area contributed by atoms with Gasteiger partial charge in [-0.1, -0.05) is 12.1 Å². The Morgan fingerprint density at radius 2 is 2.00 bits per heavy atom. The molecule has 0 aliphatic carbocycles. The first-order chi connectivity index (χ1) is 13.7. The SMILES string of the molecule is O=C1NCCCCO[C@H]2CN(Cc3ncccc3F)C[C@H]2Oc2ccccc21. The highest BCUT2D eigenvalue weighted by Crippen LogP contribution is 2.26. The molecule has 148 valence electrons. The molecular formula is C21H24FN3O3. The number of likely N-dealkylation sites (tertiary alicyclic amines) is 1. The molecule has 2 atom stereocenters. The largest absolute Gasteiger partial charge is 0.485 e. The highest BCUT2D eigenvalue weighted by molar-refractivity contribution is 5.96. The van der Waals surface area contributed by atoms with Crippen molar-refractivity contribution in [3.05, 3.63) is 59.7 Å². The number of benzene rings is 1. The number of fused-ring (bicyclic) bond motifs is 2. The lowest BCUT2D eigenvalue weighted by Crippen LogP contribution is -2.34. The van der Waals surface area contributed by atoms with E-state index in [4.69, 9.17) is 9.47 Å². The second-order valence-corrected chi connectivity index (χ2v) is 7.15. The minimum atomic E-state index is -0.308. The number of para-hydroxylation sites is 1. The summed E-state index contributed by atoms with van der Waals surface area (Å²) in [6, 6.07) is 10.3. The fourth-order valence-corrected chi connectivity index (χ4v) is 3.65. The maximum absolute atomic E-state index is 14.0. The molecule has 2 aliphatic heterocycles. The highest BCUT2D eigenvalue weighted by Gasteiger charge is 2.36. The first kappa shape index (κ1) is 18.8. The van der Waals surface area contributed by atoms with E-state index in [9.17, 15) is 9.18 Å². The van der Waals surface area contributed by atoms with Gasteiger partial charge in [0.2, 0.25) is 0 Å². The van der Waals surface area contributed by atoms with Crippen LogP contribution in [-0.4, -0.2) is 54.2 Å². The maximum Gasteiger partial charge on any atom is 0.255 e. The molecule has 28 heavy (non-hydrogen) atoms. The van der Waals surface area contributed by atoms with Crippen LogP contribution in [0.4, 0.5) is 4.39 Å². The van der Waals surface area contributed by atoms with Gasteiger partial charge in [-0.25, -0.2) is 4.39 Å². The fourth-order valence-electron chi connectivity index (χ4n) is 3.65. The Hall–Kier alpha value is -2.51. The molecule has 4 rings (SSSR count). The molecule has 0 bridgehead atoms. The number of rotatable bonds is 2. The zero-order valence-corrected chi connectivity index (χ0v) is 15.6. The molecule has 1 amide bonds. The number of carbonyl (C=O) groups excluding carboxylic acids is 1. The summed E-state index contributed by atoms with van der Waals surface area (Å²) < 4.78 is 26.3. The quantitative estimate of drug-likeness (QED) is 0.860. The summed E-state index contributed by atoms with van der Waals surface area (Å²) in [4.78, 5) is 18.7. The molecule has 0 spiro atoms. The Morgan fingerprint density at radius 3 is 2.89 bits per heavy atom. The molecule has 0 radical (unpaired) electrons. The normalized spacial score (nSPS) is 23.5. The van der Waals surface area contributed by atoms with Crippen LogP contribution < -0.4 is 10.1 Å². The van der Waals surface area contributed by atoms with Gasteiger partial charge in [0.15, 0.2) is 0 Å². The van der Waals surface area contributed by atoms with Crippen LogP contribution in [0, 0.1) is 5.82 Å². The number of carbonyl (C=O) groups is 1. The van der Waals surface area contributed by atoms with Gasteiger partial charge in [0, 0.05) is 39.0 Å². The summed E-state index contributed by atoms with van der Waals surface area (Å²) in [5.74, 6) is 0.112. The second-order valence-electron chi connectivity index (χ2n) is 7.15. The van der Waals surface area contributed by atoms with Gasteiger partial charge in [-0.2, -0.15) is 0 Å². The summed E-state index contributed by atoms with van der Waals surface area (Å²) in [7, 11) is 0. The lowest BCUT2D eigenvalue weighted by Gasteiger charge is -2.23. The number of aromatic nitrogens is 1. The third-order valence-corrected chi connectivity index (χ3v) is 5.10. The Balaban J connectivity index is 1.54. The number of ether oxygens (including phenoxy) is 2. The van der Waals surface area contributed by atoms with Crippen LogP contribution in [0.3, 0.4) is 0 Å². The molecule has 1 aromatic carbocycles. The van der Waals surface area contributed by atoms with Gasteiger partial charge in [-0.05, 0) is 37.1 Å². The van der Waals surface area contributed by atoms with E-state index in [2.05, 4.69) is 15.2 Å². The topological polar surface area (TPSA) is 63.7 Å². The fraction of sp³-hybridized carbons (Fsp3) is 0.429. The number of hydrogen-bond acceptors (Lipinski definition) is 5. The summed E-state index contributed by atoms with van der Waals surface area (Å²) in [5, 5.41) is 2.93. The Labute approximate surface area is 163 Å². The monoisotopic (exact) mass is 385 g/mol. The smallest absolute Gasteiger partial charge is 0.255 e. The van der Waals surface area contributed by atoms with Crippen LogP contribution >= 0.6 is 0 Å². The Kier molecular flexibility index (Phi) is 5.83. The molecule has 0 unspecified atom stereocenters. The Bertz CT molecular complexity index is 832. The predicted octanol–water partition coefficient (Wildman–Crippen LogP) is 2.39. The minimum absolute atomic E-state index is 0.126. The second kappa shape index (κ2) is 8.67. The summed E-state index contributed by atoms with van der Waals surface area (Å²) >= 11 is 0. The van der Waals surface area contributed by atoms with Crippen molar-refractivity contribution in [1.82, 2.24) is 15.2 Å². The van der Waals surface area contributed by atoms with Crippen molar-refractivity contribution in [1.29, 1.82) is 0 Å². The van der Waals surface area contributed by atoms with E-state index in [0.717, 1.165) is 12.8 Å². The standard InChI is InChI=1S/C21H24FN3O3/c22-16-7-5-10-23-17(16)12-25-13-19-20(14-25)28-18-8-2-1-6-15(18)21(26)24-9-3-4-11-27-19/h1-2,5-8,10,19-20H,3-4,9,11-14H2,(H,24,26)/t19-,20+/m0/s1. The Morgan fingerprint density at radius 1 is 1.14 bits per heavy atom. The van der Waals surface area contributed by atoms with Crippen LogP contribution in [0.5, 0.6) is 5.75 Å². The van der Waals surface area contributed by atoms with Gasteiger partial charge in [0.25, 0.3) is 5.91 Å². The third-order valence-electron chi connectivity index (χ3n) is 5.10. The molecule has 1 aromatic heterocycles. The van der Waals surface area contributed by atoms with Gasteiger partial charge in [0.1, 0.15) is 23.8 Å². The van der Waals surface area contributed by atoms with Crippen molar-refractivity contribution < 1.29 is 18.7 Å². The lowest BCUT2D eigenvalue weighted by atomic mass is 10.1. The van der Waals surface area contributed by atoms with E-state index in [0.29, 0.717) is 49.8 Å². The van der Waals surface area contributed by atoms with Crippen molar-refractivity contribution in [2.75, 3.05) is 26.2 Å². The van der Waals surface area contributed by atoms with Crippen molar-refractivity contribution >= 4 is 5.91 Å². The van der Waals surface area contributed by atoms with E-state index >= 15 is 0 Å². The minimum Gasteiger partial charge on any atom is -0.485 e. The molecular weight excluding hydrogens is 361 g/mol. The molecule has 0 saturated carbocycles. The molecule has 3 heterocycles. The van der Waals surface area contributed by atoms with Gasteiger partial charge >= 0.3 is 0 Å². The molecule has 1 fully saturated rings. The van der Waals surface area contributed by atoms with Crippen molar-refractivity contribution in [3.8, 4) is 5.75 Å². The molecule has 1 saturated heterocycles. The highest BCUT2D eigenvalue weighted by atomic mass is 19.1. The van der Waals surface area contributed by atoms with E-state index in [1.807, 2.05) is 12.1 Å². The van der Waals surface area contributed by atoms with E-state index in [1.54, 1.807) is 24.4 Å². The molecule has 2 aliphatic rings. The average Bonchev–Trinajstić information content (AvgIpc) is 3.07. The summed E-state index contributed by atoms with van der Waals surface area (Å²) in [5.41, 5.74) is 0.940. The van der Waals surface area contributed by atoms with Crippen LogP contribution in [-0.2, 0) is 11.3 Å². The molecule has 1 N–H and O–H groups in total. The number of pyridine rings is 1. The first-order valence-electron chi connectivity index (χ1n) is 9.68. The van der Waals surface area contributed by atoms with Crippen LogP contribution in [0.25, 0.3) is 0 Å². The van der Waals surface area contributed by atoms with Gasteiger partial charge in [0.05, 0.1) is 11.3 Å². The van der Waals surface area contributed by atoms with Crippen LogP contribution in [0.15, 0.2) is 42.6 Å². The number of nitrogens with zero attached hydrogens (tertiary/aromatic N) is 2. The average molecular weight is 385 g/mol. The zero-order valence-electron chi connectivity index (χ0n) is 15.6. The predicted molar refractivity (Wildman–Crippen MR) is 102 cm³/mol. The van der Waals surface area contributed by atoms with Crippen molar-refractivity contribution in [2.24, 2.45) is 0 Å². The van der Waals surface area contributed by atoms with Crippen molar-refractivity contribution in [3.63, 3.8) is 0 Å². The third kappa shape index (κ3) is 4.31. The van der Waals surface area contributed by atoms with Gasteiger partial charge in [-0.3, -0.25) is 14.7 Å². The molecule has 7 heteroatoms. The van der Waals surface area contributed by atoms with Gasteiger partial charge in [-0.15, -0.1) is 0 Å². The first-order valence-corrected chi connectivity index (χ1v) is 9.68. The number of nitrogens with one attached hydrogen (secondary N) is 1. The molecule has 6 nitrogen and oxygen atoms in total. The van der Waals surface area contributed by atoms with E-state index in [-0.39, 0.29) is 23.9 Å². The van der Waals surface area contributed by atoms with Crippen molar-refractivity contribution in [2.45, 2.75) is 31.6 Å². The zero-order chi connectivity index (χ0) is 19.3. The lowest BCUT2D eigenvalue weighted by molar-refractivity contribution is -0.000389. The maximum atomic E-state index is 14.0. The van der Waals surface area contributed by atoms with E-state index < -0.39 is 0 Å². The summed E-state index contributed by atoms with van der Waals surface area (Å²) in [6.45, 7) is 2.82. The number of halogens is 1. The molecule has 2 aromatic rings. The van der Waals surface area contributed by atoms with Gasteiger partial charge < -0.3 is 14.8 Å². The van der Waals surface area contributed by atoms with Crippen LogP contribution in [0.2, 0.25) is 0 Å². The summed E-state index contributed by atoms with van der Waals surface area (Å²) in [6.07, 6.45) is 2.94.